The first-order valence-corrected chi connectivity index (χ1v) is 2.90. The first-order chi connectivity index (χ1) is 4.16. The van der Waals surface area contributed by atoms with Crippen molar-refractivity contribution < 1.29 is 0 Å². The Bertz CT molecular complexity index is 148. The van der Waals surface area contributed by atoms with Crippen molar-refractivity contribution >= 4 is 0 Å². The molecule has 0 bridgehead atoms. The summed E-state index contributed by atoms with van der Waals surface area (Å²) in [5.41, 5.74) is 7.36. The third kappa shape index (κ3) is 4.88. The van der Waals surface area contributed by atoms with E-state index in [1.807, 2.05) is 26.0 Å². The highest BCUT2D eigenvalue weighted by Crippen LogP contribution is 1.96. The van der Waals surface area contributed by atoms with Gasteiger partial charge in [0.05, 0.1) is 0 Å². The highest BCUT2D eigenvalue weighted by Gasteiger charge is 1.78. The molecule has 0 aromatic heterocycles. The average Bonchev–Trinajstić information content (AvgIpc) is 1.63. The fourth-order valence-electron chi connectivity index (χ4n) is 0.593. The maximum Gasteiger partial charge on any atom is 0.00515 e. The van der Waals surface area contributed by atoms with E-state index in [0.29, 0.717) is 0 Å². The number of rotatable bonds is 2. The highest BCUT2D eigenvalue weighted by molar-refractivity contribution is 5.22. The summed E-state index contributed by atoms with van der Waals surface area (Å²) in [6, 6.07) is 0. The molecule has 0 heterocycles. The predicted molar refractivity (Wildman–Crippen MR) is 41.9 cm³/mol. The largest absolute Gasteiger partial charge is 0.402 e. The Morgan fingerprint density at radius 1 is 1.44 bits per heavy atom. The molecule has 0 aromatic carbocycles. The van der Waals surface area contributed by atoms with Gasteiger partial charge >= 0.3 is 0 Å². The summed E-state index contributed by atoms with van der Waals surface area (Å²) in [4.78, 5) is 0. The summed E-state index contributed by atoms with van der Waals surface area (Å²) in [6.45, 7) is 7.41. The molecular weight excluding hydrogens is 110 g/mol. The van der Waals surface area contributed by atoms with Crippen LogP contribution in [0.5, 0.6) is 0 Å². The van der Waals surface area contributed by atoms with Crippen molar-refractivity contribution in [3.05, 3.63) is 36.1 Å². The summed E-state index contributed by atoms with van der Waals surface area (Å²) >= 11 is 0. The van der Waals surface area contributed by atoms with E-state index >= 15 is 0 Å². The van der Waals surface area contributed by atoms with E-state index in [4.69, 9.17) is 5.73 Å². The van der Waals surface area contributed by atoms with Crippen molar-refractivity contribution in [1.82, 2.24) is 0 Å². The summed E-state index contributed by atoms with van der Waals surface area (Å²) in [7, 11) is 0. The van der Waals surface area contributed by atoms with Crippen LogP contribution in [0.4, 0.5) is 0 Å². The van der Waals surface area contributed by atoms with Gasteiger partial charge in [0.1, 0.15) is 0 Å². The predicted octanol–water partition coefficient (Wildman–Crippen LogP) is 1.98. The molecule has 0 amide bonds. The fourth-order valence-corrected chi connectivity index (χ4v) is 0.593. The highest BCUT2D eigenvalue weighted by atomic mass is 14.5. The molecular formula is C8H13N. The lowest BCUT2D eigenvalue weighted by Crippen LogP contribution is -1.89. The molecule has 0 spiro atoms. The Morgan fingerprint density at radius 2 is 2.00 bits per heavy atom. The minimum absolute atomic E-state index is 0.825. The zero-order valence-electron chi connectivity index (χ0n) is 6.02. The lowest BCUT2D eigenvalue weighted by molar-refractivity contribution is 1.29. The molecule has 0 saturated heterocycles. The van der Waals surface area contributed by atoms with Crippen LogP contribution < -0.4 is 5.73 Å². The van der Waals surface area contributed by atoms with E-state index in [-0.39, 0.29) is 0 Å². The van der Waals surface area contributed by atoms with E-state index in [9.17, 15) is 0 Å². The molecule has 0 aliphatic carbocycles. The van der Waals surface area contributed by atoms with E-state index in [1.165, 1.54) is 0 Å². The SMILES string of the molecule is C=C/C=C(C)\C=C(/C)N. The van der Waals surface area contributed by atoms with Gasteiger partial charge in [0, 0.05) is 5.70 Å². The van der Waals surface area contributed by atoms with Crippen LogP contribution in [0.1, 0.15) is 13.8 Å². The topological polar surface area (TPSA) is 26.0 Å². The summed E-state index contributed by atoms with van der Waals surface area (Å²) < 4.78 is 0. The van der Waals surface area contributed by atoms with Gasteiger partial charge in [-0.3, -0.25) is 0 Å². The van der Waals surface area contributed by atoms with Gasteiger partial charge in [-0.2, -0.15) is 0 Å². The minimum atomic E-state index is 0.825. The first kappa shape index (κ1) is 8.02. The number of hydrogen-bond acceptors (Lipinski definition) is 1. The van der Waals surface area contributed by atoms with Crippen LogP contribution in [0.25, 0.3) is 0 Å². The van der Waals surface area contributed by atoms with Crippen LogP contribution >= 0.6 is 0 Å². The smallest absolute Gasteiger partial charge is 0.00515 e. The lowest BCUT2D eigenvalue weighted by atomic mass is 10.2. The average molecular weight is 123 g/mol. The Morgan fingerprint density at radius 3 is 2.33 bits per heavy atom. The summed E-state index contributed by atoms with van der Waals surface area (Å²) in [6.07, 6.45) is 5.56. The zero-order chi connectivity index (χ0) is 7.28. The van der Waals surface area contributed by atoms with Gasteiger partial charge in [0.25, 0.3) is 0 Å². The molecule has 0 rings (SSSR count). The molecule has 50 valence electrons. The van der Waals surface area contributed by atoms with Gasteiger partial charge in [-0.1, -0.05) is 18.7 Å². The van der Waals surface area contributed by atoms with Crippen molar-refractivity contribution in [3.8, 4) is 0 Å². The maximum atomic E-state index is 5.41. The molecule has 9 heavy (non-hydrogen) atoms. The molecule has 1 heteroatoms. The Hall–Kier alpha value is -0.980. The molecule has 0 aliphatic heterocycles. The van der Waals surface area contributed by atoms with E-state index in [2.05, 4.69) is 6.58 Å². The van der Waals surface area contributed by atoms with Crippen LogP contribution in [0.15, 0.2) is 36.1 Å². The minimum Gasteiger partial charge on any atom is -0.402 e. The van der Waals surface area contributed by atoms with Gasteiger partial charge in [0.15, 0.2) is 0 Å². The molecule has 1 nitrogen and oxygen atoms in total. The van der Waals surface area contributed by atoms with E-state index in [1.54, 1.807) is 6.08 Å². The Balaban J connectivity index is 4.05. The molecule has 0 unspecified atom stereocenters. The van der Waals surface area contributed by atoms with Crippen LogP contribution in [-0.4, -0.2) is 0 Å². The lowest BCUT2D eigenvalue weighted by Gasteiger charge is -1.89. The van der Waals surface area contributed by atoms with Crippen molar-refractivity contribution in [2.24, 2.45) is 5.73 Å². The molecule has 0 fully saturated rings. The molecule has 0 atom stereocenters. The quantitative estimate of drug-likeness (QED) is 0.558. The molecule has 2 N–H and O–H groups in total. The van der Waals surface area contributed by atoms with Gasteiger partial charge in [-0.15, -0.1) is 0 Å². The second kappa shape index (κ2) is 3.96. The standard InChI is InChI=1S/C8H13N/c1-4-5-7(2)6-8(3)9/h4-6H,1,9H2,2-3H3/b7-5-,8-6+. The van der Waals surface area contributed by atoms with Crippen molar-refractivity contribution in [1.29, 1.82) is 0 Å². The van der Waals surface area contributed by atoms with Crippen LogP contribution in [0.2, 0.25) is 0 Å². The molecule has 0 aliphatic rings. The third-order valence-corrected chi connectivity index (χ3v) is 0.836. The van der Waals surface area contributed by atoms with Gasteiger partial charge in [-0.05, 0) is 25.5 Å². The monoisotopic (exact) mass is 123 g/mol. The molecule has 0 saturated carbocycles. The Labute approximate surface area is 56.6 Å². The number of nitrogens with two attached hydrogens (primary N) is 1. The second-order valence-corrected chi connectivity index (χ2v) is 2.03. The van der Waals surface area contributed by atoms with E-state index < -0.39 is 0 Å². The number of hydrogen-bond donors (Lipinski definition) is 1. The van der Waals surface area contributed by atoms with Gasteiger partial charge in [0.2, 0.25) is 0 Å². The maximum absolute atomic E-state index is 5.41. The third-order valence-electron chi connectivity index (χ3n) is 0.836. The summed E-state index contributed by atoms with van der Waals surface area (Å²) in [5.74, 6) is 0. The fraction of sp³-hybridized carbons (Fsp3) is 0.250. The van der Waals surface area contributed by atoms with Crippen molar-refractivity contribution in [3.63, 3.8) is 0 Å². The van der Waals surface area contributed by atoms with Crippen LogP contribution in [0.3, 0.4) is 0 Å². The van der Waals surface area contributed by atoms with Crippen LogP contribution in [0, 0.1) is 0 Å². The number of allylic oxidation sites excluding steroid dienone is 5. The first-order valence-electron chi connectivity index (χ1n) is 2.90. The van der Waals surface area contributed by atoms with Gasteiger partial charge < -0.3 is 5.73 Å². The van der Waals surface area contributed by atoms with Gasteiger partial charge in [-0.25, -0.2) is 0 Å². The molecule has 0 aromatic rings. The van der Waals surface area contributed by atoms with Crippen LogP contribution in [-0.2, 0) is 0 Å². The normalized spacial score (nSPS) is 13.6. The molecule has 0 radical (unpaired) electrons. The Kier molecular flexibility index (Phi) is 3.52. The zero-order valence-corrected chi connectivity index (χ0v) is 6.02. The van der Waals surface area contributed by atoms with E-state index in [0.717, 1.165) is 11.3 Å². The van der Waals surface area contributed by atoms with Crippen molar-refractivity contribution in [2.75, 3.05) is 0 Å². The summed E-state index contributed by atoms with van der Waals surface area (Å²) in [5, 5.41) is 0. The van der Waals surface area contributed by atoms with Crippen molar-refractivity contribution in [2.45, 2.75) is 13.8 Å². The second-order valence-electron chi connectivity index (χ2n) is 2.03.